The molecular formula is C10H16ClN3OS2. The number of carbonyl (C=O) groups is 1. The molecule has 1 amide bonds. The minimum Gasteiger partial charge on any atom is -0.333 e. The normalized spacial score (nSPS) is 19.9. The fourth-order valence-electron chi connectivity index (χ4n) is 1.68. The molecule has 1 unspecified atom stereocenters. The largest absolute Gasteiger partial charge is 0.333 e. The zero-order valence-corrected chi connectivity index (χ0v) is 12.0. The third-order valence-corrected chi connectivity index (χ3v) is 4.63. The van der Waals surface area contributed by atoms with Gasteiger partial charge in [-0.1, -0.05) is 0 Å². The van der Waals surface area contributed by atoms with Gasteiger partial charge in [0.2, 0.25) is 0 Å². The van der Waals surface area contributed by atoms with Crippen LogP contribution in [0.1, 0.15) is 22.4 Å². The minimum atomic E-state index is 0. The first-order valence-electron chi connectivity index (χ1n) is 5.25. The predicted octanol–water partition coefficient (Wildman–Crippen LogP) is 1.60. The average molecular weight is 294 g/mol. The SMILES string of the molecule is CC1CSCCN1C(=O)c1csc(CN)n1.Cl. The number of thiazole rings is 1. The lowest BCUT2D eigenvalue weighted by molar-refractivity contribution is 0.0710. The highest BCUT2D eigenvalue weighted by molar-refractivity contribution is 7.99. The first-order valence-corrected chi connectivity index (χ1v) is 7.29. The van der Waals surface area contributed by atoms with E-state index in [0.717, 1.165) is 23.1 Å². The van der Waals surface area contributed by atoms with Gasteiger partial charge in [-0.15, -0.1) is 23.7 Å². The molecule has 1 saturated heterocycles. The zero-order valence-electron chi connectivity index (χ0n) is 9.59. The summed E-state index contributed by atoms with van der Waals surface area (Å²) in [5, 5.41) is 2.63. The number of thioether (sulfide) groups is 1. The van der Waals surface area contributed by atoms with Crippen molar-refractivity contribution in [1.82, 2.24) is 9.88 Å². The van der Waals surface area contributed by atoms with E-state index in [4.69, 9.17) is 5.73 Å². The minimum absolute atomic E-state index is 0. The number of nitrogens with zero attached hydrogens (tertiary/aromatic N) is 2. The van der Waals surface area contributed by atoms with E-state index in [1.165, 1.54) is 11.3 Å². The monoisotopic (exact) mass is 293 g/mol. The first kappa shape index (κ1) is 14.8. The Hall–Kier alpha value is -0.300. The van der Waals surface area contributed by atoms with Crippen LogP contribution in [-0.4, -0.2) is 39.9 Å². The maximum atomic E-state index is 12.2. The molecule has 0 spiro atoms. The van der Waals surface area contributed by atoms with E-state index in [1.807, 2.05) is 16.7 Å². The van der Waals surface area contributed by atoms with Crippen LogP contribution in [0.25, 0.3) is 0 Å². The van der Waals surface area contributed by atoms with Crippen molar-refractivity contribution < 1.29 is 4.79 Å². The van der Waals surface area contributed by atoms with Crippen LogP contribution in [0.15, 0.2) is 5.38 Å². The first-order chi connectivity index (χ1) is 7.72. The summed E-state index contributed by atoms with van der Waals surface area (Å²) in [6.07, 6.45) is 0. The summed E-state index contributed by atoms with van der Waals surface area (Å²) in [6.45, 7) is 3.31. The molecule has 0 aromatic carbocycles. The molecule has 0 bridgehead atoms. The molecule has 1 aromatic rings. The molecule has 2 N–H and O–H groups in total. The summed E-state index contributed by atoms with van der Waals surface area (Å²) >= 11 is 3.35. The van der Waals surface area contributed by atoms with Crippen LogP contribution in [-0.2, 0) is 6.54 Å². The second-order valence-corrected chi connectivity index (χ2v) is 5.85. The van der Waals surface area contributed by atoms with Crippen LogP contribution in [0.4, 0.5) is 0 Å². The number of amides is 1. The number of rotatable bonds is 2. The van der Waals surface area contributed by atoms with Gasteiger partial charge in [0.15, 0.2) is 0 Å². The Kier molecular flexibility index (Phi) is 5.72. The predicted molar refractivity (Wildman–Crippen MR) is 75.1 cm³/mol. The van der Waals surface area contributed by atoms with Crippen LogP contribution in [0, 0.1) is 0 Å². The fraction of sp³-hybridized carbons (Fsp3) is 0.600. The molecule has 2 heterocycles. The maximum Gasteiger partial charge on any atom is 0.273 e. The average Bonchev–Trinajstić information content (AvgIpc) is 2.77. The Morgan fingerprint density at radius 3 is 3.06 bits per heavy atom. The third kappa shape index (κ3) is 3.34. The van der Waals surface area contributed by atoms with Crippen LogP contribution in [0.3, 0.4) is 0 Å². The Morgan fingerprint density at radius 2 is 2.47 bits per heavy atom. The molecule has 17 heavy (non-hydrogen) atoms. The smallest absolute Gasteiger partial charge is 0.273 e. The van der Waals surface area contributed by atoms with Crippen LogP contribution < -0.4 is 5.73 Å². The molecule has 1 aromatic heterocycles. The highest BCUT2D eigenvalue weighted by Gasteiger charge is 2.25. The number of hydrogen-bond acceptors (Lipinski definition) is 5. The Balaban J connectivity index is 0.00000144. The molecule has 2 rings (SSSR count). The molecule has 0 saturated carbocycles. The maximum absolute atomic E-state index is 12.2. The summed E-state index contributed by atoms with van der Waals surface area (Å²) in [5.74, 6) is 2.08. The van der Waals surface area contributed by atoms with Gasteiger partial charge in [0.05, 0.1) is 0 Å². The van der Waals surface area contributed by atoms with Crippen molar-refractivity contribution in [2.75, 3.05) is 18.1 Å². The molecule has 0 aliphatic carbocycles. The van der Waals surface area contributed by atoms with Gasteiger partial charge in [0, 0.05) is 36.0 Å². The van der Waals surface area contributed by atoms with Crippen LogP contribution in [0.5, 0.6) is 0 Å². The van der Waals surface area contributed by atoms with Crippen molar-refractivity contribution in [1.29, 1.82) is 0 Å². The Bertz CT molecular complexity index is 385. The van der Waals surface area contributed by atoms with E-state index in [-0.39, 0.29) is 18.3 Å². The molecule has 0 radical (unpaired) electrons. The third-order valence-electron chi connectivity index (χ3n) is 2.57. The second-order valence-electron chi connectivity index (χ2n) is 3.75. The number of halogens is 1. The Labute approximate surface area is 115 Å². The van der Waals surface area contributed by atoms with Crippen molar-refractivity contribution in [3.8, 4) is 0 Å². The van der Waals surface area contributed by atoms with Crippen molar-refractivity contribution in [2.45, 2.75) is 19.5 Å². The van der Waals surface area contributed by atoms with Gasteiger partial charge in [0.25, 0.3) is 5.91 Å². The van der Waals surface area contributed by atoms with Crippen molar-refractivity contribution in [3.05, 3.63) is 16.1 Å². The highest BCUT2D eigenvalue weighted by Crippen LogP contribution is 2.19. The van der Waals surface area contributed by atoms with E-state index >= 15 is 0 Å². The summed E-state index contributed by atoms with van der Waals surface area (Å²) in [7, 11) is 0. The van der Waals surface area contributed by atoms with E-state index in [2.05, 4.69) is 11.9 Å². The number of carbonyl (C=O) groups excluding carboxylic acids is 1. The molecule has 1 fully saturated rings. The molecule has 1 atom stereocenters. The fourth-order valence-corrected chi connectivity index (χ4v) is 3.34. The van der Waals surface area contributed by atoms with E-state index in [0.29, 0.717) is 18.3 Å². The van der Waals surface area contributed by atoms with Crippen LogP contribution in [0.2, 0.25) is 0 Å². The van der Waals surface area contributed by atoms with Gasteiger partial charge in [0.1, 0.15) is 10.7 Å². The van der Waals surface area contributed by atoms with E-state index in [1.54, 1.807) is 5.38 Å². The van der Waals surface area contributed by atoms with Gasteiger partial charge in [-0.25, -0.2) is 4.98 Å². The number of hydrogen-bond donors (Lipinski definition) is 1. The summed E-state index contributed by atoms with van der Waals surface area (Å²) < 4.78 is 0. The van der Waals surface area contributed by atoms with E-state index in [9.17, 15) is 4.79 Å². The molecule has 7 heteroatoms. The van der Waals surface area contributed by atoms with Crippen molar-refractivity contribution >= 4 is 41.4 Å². The standard InChI is InChI=1S/C10H15N3OS2.ClH/c1-7-5-15-3-2-13(7)10(14)8-6-16-9(4-11)12-8;/h6-7H,2-5,11H2,1H3;1H. The lowest BCUT2D eigenvalue weighted by atomic mass is 10.3. The van der Waals surface area contributed by atoms with Gasteiger partial charge in [-0.2, -0.15) is 11.8 Å². The second kappa shape index (κ2) is 6.58. The molecule has 96 valence electrons. The number of aromatic nitrogens is 1. The Morgan fingerprint density at radius 1 is 1.71 bits per heavy atom. The molecule has 1 aliphatic rings. The quantitative estimate of drug-likeness (QED) is 0.900. The summed E-state index contributed by atoms with van der Waals surface area (Å²) in [6, 6.07) is 0.300. The van der Waals surface area contributed by atoms with Crippen molar-refractivity contribution in [2.24, 2.45) is 5.73 Å². The topological polar surface area (TPSA) is 59.2 Å². The van der Waals surface area contributed by atoms with Gasteiger partial charge in [-0.3, -0.25) is 4.79 Å². The van der Waals surface area contributed by atoms with Gasteiger partial charge in [-0.05, 0) is 6.92 Å². The summed E-state index contributed by atoms with van der Waals surface area (Å²) in [5.41, 5.74) is 6.03. The van der Waals surface area contributed by atoms with Gasteiger partial charge >= 0.3 is 0 Å². The molecule has 4 nitrogen and oxygen atoms in total. The van der Waals surface area contributed by atoms with E-state index < -0.39 is 0 Å². The molecular weight excluding hydrogens is 278 g/mol. The summed E-state index contributed by atoms with van der Waals surface area (Å²) in [4.78, 5) is 18.3. The molecule has 1 aliphatic heterocycles. The zero-order chi connectivity index (χ0) is 11.5. The van der Waals surface area contributed by atoms with Crippen LogP contribution >= 0.6 is 35.5 Å². The van der Waals surface area contributed by atoms with Gasteiger partial charge < -0.3 is 10.6 Å². The highest BCUT2D eigenvalue weighted by atomic mass is 35.5. The lowest BCUT2D eigenvalue weighted by Crippen LogP contribution is -2.44. The number of nitrogens with two attached hydrogens (primary N) is 1. The lowest BCUT2D eigenvalue weighted by Gasteiger charge is -2.32. The van der Waals surface area contributed by atoms with Crippen molar-refractivity contribution in [3.63, 3.8) is 0 Å².